The summed E-state index contributed by atoms with van der Waals surface area (Å²) in [6.45, 7) is 4.11. The second-order valence-electron chi connectivity index (χ2n) is 7.50. The summed E-state index contributed by atoms with van der Waals surface area (Å²) in [6, 6.07) is 7.49. The number of hydrogen-bond acceptors (Lipinski definition) is 4. The third-order valence-electron chi connectivity index (χ3n) is 5.46. The zero-order valence-corrected chi connectivity index (χ0v) is 15.1. The number of nitrogens with one attached hydrogen (secondary N) is 1. The predicted molar refractivity (Wildman–Crippen MR) is 93.2 cm³/mol. The van der Waals surface area contributed by atoms with Crippen molar-refractivity contribution >= 4 is 0 Å². The van der Waals surface area contributed by atoms with E-state index in [1.165, 1.54) is 25.0 Å². The number of benzene rings is 1. The lowest BCUT2D eigenvalue weighted by molar-refractivity contribution is -0.274. The lowest BCUT2D eigenvalue weighted by atomic mass is 9.69. The van der Waals surface area contributed by atoms with Crippen LogP contribution in [-0.2, 0) is 0 Å². The highest BCUT2D eigenvalue weighted by atomic mass is 19.4. The standard InChI is InChI=1S/C19H22F3N3O2/c1-13-10-17(26-15-6-8-18(9-7-15)11-23-12-18)24-25(13)14-2-4-16(5-3-14)27-19(20,21)22/h2-5,10,15,23H,6-9,11-12H2,1H3. The molecule has 1 saturated carbocycles. The molecule has 2 aromatic rings. The van der Waals surface area contributed by atoms with E-state index in [1.54, 1.807) is 16.8 Å². The molecule has 0 radical (unpaired) electrons. The van der Waals surface area contributed by atoms with Crippen LogP contribution in [0.25, 0.3) is 5.69 Å². The van der Waals surface area contributed by atoms with Gasteiger partial charge in [0.05, 0.1) is 5.69 Å². The third kappa shape index (κ3) is 4.05. The monoisotopic (exact) mass is 381 g/mol. The summed E-state index contributed by atoms with van der Waals surface area (Å²) in [5.74, 6) is 0.296. The van der Waals surface area contributed by atoms with E-state index in [0.717, 1.165) is 31.6 Å². The van der Waals surface area contributed by atoms with Crippen molar-refractivity contribution in [2.75, 3.05) is 13.1 Å². The highest BCUT2D eigenvalue weighted by Crippen LogP contribution is 2.40. The number of alkyl halides is 3. The Bertz CT molecular complexity index is 788. The molecule has 1 saturated heterocycles. The van der Waals surface area contributed by atoms with Gasteiger partial charge in [0.1, 0.15) is 11.9 Å². The van der Waals surface area contributed by atoms with Gasteiger partial charge in [0, 0.05) is 24.8 Å². The Hall–Kier alpha value is -2.22. The molecule has 4 rings (SSSR count). The lowest BCUT2D eigenvalue weighted by Gasteiger charge is -2.47. The molecule has 2 fully saturated rings. The zero-order chi connectivity index (χ0) is 19.1. The van der Waals surface area contributed by atoms with Gasteiger partial charge < -0.3 is 14.8 Å². The molecule has 0 atom stereocenters. The smallest absolute Gasteiger partial charge is 0.473 e. The summed E-state index contributed by atoms with van der Waals surface area (Å²) in [5.41, 5.74) is 1.99. The van der Waals surface area contributed by atoms with Crippen LogP contribution in [0, 0.1) is 12.3 Å². The van der Waals surface area contributed by atoms with Crippen LogP contribution in [-0.4, -0.2) is 35.3 Å². The van der Waals surface area contributed by atoms with E-state index in [9.17, 15) is 13.2 Å². The van der Waals surface area contributed by atoms with Gasteiger partial charge in [-0.25, -0.2) is 4.68 Å². The third-order valence-corrected chi connectivity index (χ3v) is 5.46. The maximum absolute atomic E-state index is 12.3. The van der Waals surface area contributed by atoms with Crippen LogP contribution in [0.1, 0.15) is 31.4 Å². The van der Waals surface area contributed by atoms with E-state index in [4.69, 9.17) is 4.74 Å². The van der Waals surface area contributed by atoms with Crippen molar-refractivity contribution in [1.29, 1.82) is 0 Å². The molecular formula is C19H22F3N3O2. The first kappa shape index (κ1) is 18.2. The van der Waals surface area contributed by atoms with E-state index in [-0.39, 0.29) is 11.9 Å². The Morgan fingerprint density at radius 3 is 2.37 bits per heavy atom. The Labute approximate surface area is 155 Å². The van der Waals surface area contributed by atoms with Gasteiger partial charge in [0.2, 0.25) is 5.88 Å². The molecule has 1 aliphatic carbocycles. The minimum Gasteiger partial charge on any atom is -0.473 e. The number of hydrogen-bond donors (Lipinski definition) is 1. The van der Waals surface area contributed by atoms with Gasteiger partial charge >= 0.3 is 6.36 Å². The first-order chi connectivity index (χ1) is 12.8. The average molecular weight is 381 g/mol. The molecule has 8 heteroatoms. The summed E-state index contributed by atoms with van der Waals surface area (Å²) < 4.78 is 48.4. The van der Waals surface area contributed by atoms with Gasteiger partial charge in [-0.1, -0.05) is 0 Å². The van der Waals surface area contributed by atoms with Crippen LogP contribution >= 0.6 is 0 Å². The molecule has 0 amide bonds. The van der Waals surface area contributed by atoms with Crippen molar-refractivity contribution in [3.63, 3.8) is 0 Å². The molecule has 27 heavy (non-hydrogen) atoms. The van der Waals surface area contributed by atoms with Gasteiger partial charge in [0.25, 0.3) is 0 Å². The summed E-state index contributed by atoms with van der Waals surface area (Å²) in [5, 5.41) is 7.82. The van der Waals surface area contributed by atoms with Crippen molar-refractivity contribution < 1.29 is 22.6 Å². The fourth-order valence-corrected chi connectivity index (χ4v) is 3.88. The molecule has 1 spiro atoms. The summed E-state index contributed by atoms with van der Waals surface area (Å²) in [4.78, 5) is 0. The minimum absolute atomic E-state index is 0.168. The van der Waals surface area contributed by atoms with Crippen LogP contribution < -0.4 is 14.8 Å². The second kappa shape index (κ2) is 6.74. The molecular weight excluding hydrogens is 359 g/mol. The summed E-state index contributed by atoms with van der Waals surface area (Å²) >= 11 is 0. The lowest BCUT2D eigenvalue weighted by Crippen LogP contribution is -2.55. The van der Waals surface area contributed by atoms with Crippen LogP contribution in [0.15, 0.2) is 30.3 Å². The molecule has 2 heterocycles. The van der Waals surface area contributed by atoms with Gasteiger partial charge in [-0.05, 0) is 62.3 Å². The van der Waals surface area contributed by atoms with E-state index < -0.39 is 6.36 Å². The molecule has 1 aromatic carbocycles. The molecule has 2 aliphatic rings. The Balaban J connectivity index is 1.41. The average Bonchev–Trinajstić information content (AvgIpc) is 2.94. The van der Waals surface area contributed by atoms with Gasteiger partial charge in [-0.3, -0.25) is 0 Å². The largest absolute Gasteiger partial charge is 0.573 e. The van der Waals surface area contributed by atoms with Crippen molar-refractivity contribution in [2.24, 2.45) is 5.41 Å². The van der Waals surface area contributed by atoms with Crippen LogP contribution in [0.5, 0.6) is 11.6 Å². The number of halogens is 3. The highest BCUT2D eigenvalue weighted by Gasteiger charge is 2.40. The predicted octanol–water partition coefficient (Wildman–Crippen LogP) is 3.99. The number of aromatic nitrogens is 2. The Kier molecular flexibility index (Phi) is 4.53. The molecule has 5 nitrogen and oxygen atoms in total. The van der Waals surface area contributed by atoms with Crippen LogP contribution in [0.2, 0.25) is 0 Å². The van der Waals surface area contributed by atoms with Crippen molar-refractivity contribution in [2.45, 2.75) is 45.1 Å². The van der Waals surface area contributed by atoms with E-state index >= 15 is 0 Å². The molecule has 0 unspecified atom stereocenters. The fourth-order valence-electron chi connectivity index (χ4n) is 3.88. The normalized spacial score (nSPS) is 19.7. The van der Waals surface area contributed by atoms with Crippen molar-refractivity contribution in [3.8, 4) is 17.3 Å². The fraction of sp³-hybridized carbons (Fsp3) is 0.526. The minimum atomic E-state index is -4.70. The second-order valence-corrected chi connectivity index (χ2v) is 7.50. The maximum Gasteiger partial charge on any atom is 0.573 e. The van der Waals surface area contributed by atoms with E-state index in [2.05, 4.69) is 15.2 Å². The summed E-state index contributed by atoms with van der Waals surface area (Å²) in [6.07, 6.45) is -0.135. The first-order valence-electron chi connectivity index (χ1n) is 9.12. The van der Waals surface area contributed by atoms with Gasteiger partial charge in [-0.15, -0.1) is 18.3 Å². The first-order valence-corrected chi connectivity index (χ1v) is 9.12. The van der Waals surface area contributed by atoms with E-state index in [0.29, 0.717) is 17.0 Å². The SMILES string of the molecule is Cc1cc(OC2CCC3(CC2)CNC3)nn1-c1ccc(OC(F)(F)F)cc1. The molecule has 1 aliphatic heterocycles. The Morgan fingerprint density at radius 1 is 1.15 bits per heavy atom. The van der Waals surface area contributed by atoms with Crippen molar-refractivity contribution in [3.05, 3.63) is 36.0 Å². The molecule has 1 aromatic heterocycles. The Morgan fingerprint density at radius 2 is 1.81 bits per heavy atom. The zero-order valence-electron chi connectivity index (χ0n) is 15.1. The van der Waals surface area contributed by atoms with Crippen LogP contribution in [0.4, 0.5) is 13.2 Å². The molecule has 0 bridgehead atoms. The molecule has 146 valence electrons. The number of nitrogens with zero attached hydrogens (tertiary/aromatic N) is 2. The maximum atomic E-state index is 12.3. The van der Waals surface area contributed by atoms with Gasteiger partial charge in [0.15, 0.2) is 0 Å². The van der Waals surface area contributed by atoms with Crippen molar-refractivity contribution in [1.82, 2.24) is 15.1 Å². The molecule has 1 N–H and O–H groups in total. The van der Waals surface area contributed by atoms with Gasteiger partial charge in [-0.2, -0.15) is 0 Å². The topological polar surface area (TPSA) is 48.3 Å². The summed E-state index contributed by atoms with van der Waals surface area (Å²) in [7, 11) is 0. The number of rotatable bonds is 4. The quantitative estimate of drug-likeness (QED) is 0.870. The van der Waals surface area contributed by atoms with E-state index in [1.807, 2.05) is 13.0 Å². The highest BCUT2D eigenvalue weighted by molar-refractivity contribution is 5.39. The number of aryl methyl sites for hydroxylation is 1. The van der Waals surface area contributed by atoms with Crippen LogP contribution in [0.3, 0.4) is 0 Å². The number of ether oxygens (including phenoxy) is 2.